The normalized spacial score (nSPS) is 13.5. The maximum Gasteiger partial charge on any atom is 0.238 e. The molecule has 0 rings (SSSR count). The summed E-state index contributed by atoms with van der Waals surface area (Å²) < 4.78 is 0. The number of amides is 1. The van der Waals surface area contributed by atoms with E-state index in [1.807, 2.05) is 6.92 Å². The average Bonchev–Trinajstić information content (AvgIpc) is 2.05. The molecule has 0 aromatic heterocycles. The molecular formula is C10H14N2O. The van der Waals surface area contributed by atoms with E-state index in [0.29, 0.717) is 6.42 Å². The number of terminal acetylenes is 2. The molecular weight excluding hydrogens is 164 g/mol. The summed E-state index contributed by atoms with van der Waals surface area (Å²) in [4.78, 5) is 11.2. The monoisotopic (exact) mass is 178 g/mol. The molecule has 0 aliphatic rings. The van der Waals surface area contributed by atoms with E-state index in [1.165, 1.54) is 0 Å². The van der Waals surface area contributed by atoms with Crippen molar-refractivity contribution in [2.24, 2.45) is 5.73 Å². The Bertz CT molecular complexity index is 247. The van der Waals surface area contributed by atoms with Crippen molar-refractivity contribution < 1.29 is 4.79 Å². The maximum absolute atomic E-state index is 11.2. The molecule has 13 heavy (non-hydrogen) atoms. The second-order valence-corrected chi connectivity index (χ2v) is 2.83. The molecule has 0 aromatic carbocycles. The molecule has 0 saturated carbocycles. The average molecular weight is 178 g/mol. The predicted molar refractivity (Wildman–Crippen MR) is 52.5 cm³/mol. The van der Waals surface area contributed by atoms with Crippen molar-refractivity contribution in [1.82, 2.24) is 5.32 Å². The molecule has 0 aliphatic carbocycles. The standard InChI is InChI=1S/C10H14N2O/c1-4-6-8(3)12-10(13)9(11)7-5-2/h1-2,8-9H,6-7,11H2,3H3,(H,12,13). The van der Waals surface area contributed by atoms with E-state index >= 15 is 0 Å². The summed E-state index contributed by atoms with van der Waals surface area (Å²) in [6, 6.07) is -0.688. The van der Waals surface area contributed by atoms with Crippen molar-refractivity contribution >= 4 is 5.91 Å². The lowest BCUT2D eigenvalue weighted by atomic mass is 10.2. The summed E-state index contributed by atoms with van der Waals surface area (Å²) >= 11 is 0. The first-order valence-corrected chi connectivity index (χ1v) is 4.04. The maximum atomic E-state index is 11.2. The Hall–Kier alpha value is -1.45. The first kappa shape index (κ1) is 11.6. The van der Waals surface area contributed by atoms with Crippen LogP contribution in [0.15, 0.2) is 0 Å². The Kier molecular flexibility index (Phi) is 5.43. The van der Waals surface area contributed by atoms with Gasteiger partial charge in [0.05, 0.1) is 6.04 Å². The van der Waals surface area contributed by atoms with Gasteiger partial charge in [-0.15, -0.1) is 24.7 Å². The van der Waals surface area contributed by atoms with Gasteiger partial charge in [-0.1, -0.05) is 0 Å². The second kappa shape index (κ2) is 6.11. The van der Waals surface area contributed by atoms with Gasteiger partial charge in [0.25, 0.3) is 0 Å². The number of carbonyl (C=O) groups is 1. The van der Waals surface area contributed by atoms with Crippen molar-refractivity contribution in [2.75, 3.05) is 0 Å². The molecule has 0 bridgehead atoms. The minimum absolute atomic E-state index is 0.0543. The zero-order valence-electron chi connectivity index (χ0n) is 7.71. The van der Waals surface area contributed by atoms with Crippen LogP contribution in [0.1, 0.15) is 19.8 Å². The molecule has 3 nitrogen and oxygen atoms in total. The third-order valence-electron chi connectivity index (χ3n) is 1.49. The van der Waals surface area contributed by atoms with Crippen molar-refractivity contribution in [3.8, 4) is 24.7 Å². The van der Waals surface area contributed by atoms with E-state index < -0.39 is 6.04 Å². The van der Waals surface area contributed by atoms with Gasteiger partial charge in [-0.2, -0.15) is 0 Å². The van der Waals surface area contributed by atoms with E-state index in [4.69, 9.17) is 18.6 Å². The fourth-order valence-corrected chi connectivity index (χ4v) is 0.797. The molecule has 2 atom stereocenters. The highest BCUT2D eigenvalue weighted by Crippen LogP contribution is 1.91. The molecule has 0 fully saturated rings. The highest BCUT2D eigenvalue weighted by molar-refractivity contribution is 5.82. The molecule has 0 saturated heterocycles. The fourth-order valence-electron chi connectivity index (χ4n) is 0.797. The van der Waals surface area contributed by atoms with Gasteiger partial charge in [0, 0.05) is 18.9 Å². The van der Waals surface area contributed by atoms with E-state index in [0.717, 1.165) is 0 Å². The molecule has 3 N–H and O–H groups in total. The quantitative estimate of drug-likeness (QED) is 0.589. The molecule has 70 valence electrons. The van der Waals surface area contributed by atoms with Crippen LogP contribution in [-0.2, 0) is 4.79 Å². The molecule has 2 unspecified atom stereocenters. The Morgan fingerprint density at radius 3 is 2.46 bits per heavy atom. The summed E-state index contributed by atoms with van der Waals surface area (Å²) in [5, 5.41) is 2.66. The van der Waals surface area contributed by atoms with Gasteiger partial charge in [0.1, 0.15) is 0 Å². The number of nitrogens with two attached hydrogens (primary N) is 1. The lowest BCUT2D eigenvalue weighted by Gasteiger charge is -2.13. The first-order valence-electron chi connectivity index (χ1n) is 4.04. The van der Waals surface area contributed by atoms with Crippen LogP contribution in [0.2, 0.25) is 0 Å². The van der Waals surface area contributed by atoms with Gasteiger partial charge >= 0.3 is 0 Å². The van der Waals surface area contributed by atoms with Gasteiger partial charge in [0.2, 0.25) is 5.91 Å². The zero-order chi connectivity index (χ0) is 10.3. The Morgan fingerprint density at radius 2 is 2.00 bits per heavy atom. The smallest absolute Gasteiger partial charge is 0.238 e. The van der Waals surface area contributed by atoms with Crippen LogP contribution in [0.25, 0.3) is 0 Å². The van der Waals surface area contributed by atoms with Gasteiger partial charge in [-0.3, -0.25) is 4.79 Å². The van der Waals surface area contributed by atoms with Crippen LogP contribution in [0, 0.1) is 24.7 Å². The summed E-state index contributed by atoms with van der Waals surface area (Å²) in [5.41, 5.74) is 5.47. The van der Waals surface area contributed by atoms with Crippen LogP contribution < -0.4 is 11.1 Å². The molecule has 0 heterocycles. The fraction of sp³-hybridized carbons (Fsp3) is 0.500. The minimum Gasteiger partial charge on any atom is -0.351 e. The number of rotatable bonds is 4. The lowest BCUT2D eigenvalue weighted by Crippen LogP contribution is -2.44. The SMILES string of the molecule is C#CCC(C)NC(=O)C(N)CC#C. The Labute approximate surface area is 79.1 Å². The summed E-state index contributed by atoms with van der Waals surface area (Å²) in [6.45, 7) is 1.82. The number of carbonyl (C=O) groups excluding carboxylic acids is 1. The van der Waals surface area contributed by atoms with Crippen LogP contribution >= 0.6 is 0 Å². The van der Waals surface area contributed by atoms with Gasteiger partial charge in [-0.05, 0) is 6.92 Å². The molecule has 3 heteroatoms. The van der Waals surface area contributed by atoms with Crippen molar-refractivity contribution in [3.05, 3.63) is 0 Å². The van der Waals surface area contributed by atoms with Crippen molar-refractivity contribution in [1.29, 1.82) is 0 Å². The zero-order valence-corrected chi connectivity index (χ0v) is 7.71. The van der Waals surface area contributed by atoms with E-state index in [9.17, 15) is 4.79 Å². The lowest BCUT2D eigenvalue weighted by molar-refractivity contribution is -0.122. The van der Waals surface area contributed by atoms with Crippen molar-refractivity contribution in [2.45, 2.75) is 31.8 Å². The van der Waals surface area contributed by atoms with Gasteiger partial charge in [0.15, 0.2) is 0 Å². The number of hydrogen-bond acceptors (Lipinski definition) is 2. The summed E-state index contributed by atoms with van der Waals surface area (Å²) in [7, 11) is 0. The summed E-state index contributed by atoms with van der Waals surface area (Å²) in [6.07, 6.45) is 10.8. The molecule has 1 amide bonds. The molecule has 0 radical (unpaired) electrons. The second-order valence-electron chi connectivity index (χ2n) is 2.83. The number of hydrogen-bond donors (Lipinski definition) is 2. The topological polar surface area (TPSA) is 55.1 Å². The van der Waals surface area contributed by atoms with E-state index in [-0.39, 0.29) is 18.4 Å². The Morgan fingerprint density at radius 1 is 1.46 bits per heavy atom. The minimum atomic E-state index is -0.634. The van der Waals surface area contributed by atoms with Gasteiger partial charge < -0.3 is 11.1 Å². The first-order chi connectivity index (χ1) is 6.11. The van der Waals surface area contributed by atoms with Crippen LogP contribution in [0.4, 0.5) is 0 Å². The van der Waals surface area contributed by atoms with Gasteiger partial charge in [-0.25, -0.2) is 0 Å². The van der Waals surface area contributed by atoms with Crippen LogP contribution in [-0.4, -0.2) is 18.0 Å². The highest BCUT2D eigenvalue weighted by Gasteiger charge is 2.13. The predicted octanol–water partition coefficient (Wildman–Crippen LogP) is -0.135. The molecule has 0 aromatic rings. The van der Waals surface area contributed by atoms with Crippen molar-refractivity contribution in [3.63, 3.8) is 0 Å². The third-order valence-corrected chi connectivity index (χ3v) is 1.49. The van der Waals surface area contributed by atoms with Crippen LogP contribution in [0.5, 0.6) is 0 Å². The number of nitrogens with one attached hydrogen (secondary N) is 1. The highest BCUT2D eigenvalue weighted by atomic mass is 16.2. The van der Waals surface area contributed by atoms with E-state index in [2.05, 4.69) is 17.2 Å². The third kappa shape index (κ3) is 4.90. The summed E-state index contributed by atoms with van der Waals surface area (Å²) in [5.74, 6) is 4.53. The molecule has 0 aliphatic heterocycles. The Balaban J connectivity index is 3.88. The van der Waals surface area contributed by atoms with Crippen LogP contribution in [0.3, 0.4) is 0 Å². The molecule has 0 spiro atoms. The largest absolute Gasteiger partial charge is 0.351 e. The van der Waals surface area contributed by atoms with E-state index in [1.54, 1.807) is 0 Å².